The molecule has 4 aromatic rings. The smallest absolute Gasteiger partial charge is 0.244 e. The monoisotopic (exact) mass is 453 g/mol. The van der Waals surface area contributed by atoms with Gasteiger partial charge in [0.2, 0.25) is 5.91 Å². The molecule has 0 bridgehead atoms. The van der Waals surface area contributed by atoms with E-state index in [2.05, 4.69) is 28.9 Å². The Morgan fingerprint density at radius 3 is 2.56 bits per heavy atom. The van der Waals surface area contributed by atoms with E-state index in [-0.39, 0.29) is 11.9 Å². The average molecular weight is 454 g/mol. The van der Waals surface area contributed by atoms with Crippen LogP contribution in [0.1, 0.15) is 42.8 Å². The number of unbranched alkanes of at least 4 members (excludes halogenated alkanes) is 1. The molecule has 1 N–H and O–H groups in total. The minimum absolute atomic E-state index is 0.137. The van der Waals surface area contributed by atoms with Crippen LogP contribution in [0.5, 0.6) is 5.75 Å². The number of nitrogens with one attached hydrogen (secondary N) is 1. The highest BCUT2D eigenvalue weighted by Crippen LogP contribution is 2.22. The molecular formula is C29H31N3O2. The summed E-state index contributed by atoms with van der Waals surface area (Å²) in [7, 11) is 0. The largest absolute Gasteiger partial charge is 0.493 e. The van der Waals surface area contributed by atoms with E-state index in [1.54, 1.807) is 6.08 Å². The summed E-state index contributed by atoms with van der Waals surface area (Å²) < 4.78 is 8.17. The molecule has 0 fully saturated rings. The first kappa shape index (κ1) is 23.3. The van der Waals surface area contributed by atoms with Gasteiger partial charge in [-0.1, -0.05) is 60.7 Å². The van der Waals surface area contributed by atoms with Crippen molar-refractivity contribution in [1.82, 2.24) is 14.9 Å². The second kappa shape index (κ2) is 11.3. The first-order valence-corrected chi connectivity index (χ1v) is 11.8. The Bertz CT molecular complexity index is 1260. The van der Waals surface area contributed by atoms with Gasteiger partial charge in [-0.15, -0.1) is 0 Å². The SMILES string of the molecule is Cc1ccccc1OCCCCn1c(C(C)NC(=O)/C=C\c2ccccc2)nc2ccccc21. The number of hydrogen-bond acceptors (Lipinski definition) is 3. The summed E-state index contributed by atoms with van der Waals surface area (Å²) in [6, 6.07) is 25.8. The van der Waals surface area contributed by atoms with Crippen LogP contribution in [0.3, 0.4) is 0 Å². The third-order valence-electron chi connectivity index (χ3n) is 5.78. The third-order valence-corrected chi connectivity index (χ3v) is 5.78. The quantitative estimate of drug-likeness (QED) is 0.233. The second-order valence-electron chi connectivity index (χ2n) is 8.41. The van der Waals surface area contributed by atoms with Crippen LogP contribution in [0, 0.1) is 6.92 Å². The number of carbonyl (C=O) groups is 1. The van der Waals surface area contributed by atoms with Gasteiger partial charge in [0.05, 0.1) is 23.7 Å². The summed E-state index contributed by atoms with van der Waals surface area (Å²) in [6.07, 6.45) is 5.27. The van der Waals surface area contributed by atoms with Crippen molar-refractivity contribution in [3.05, 3.63) is 102 Å². The molecule has 0 saturated heterocycles. The van der Waals surface area contributed by atoms with E-state index in [9.17, 15) is 4.79 Å². The van der Waals surface area contributed by atoms with E-state index in [1.165, 1.54) is 0 Å². The molecule has 0 saturated carbocycles. The highest BCUT2D eigenvalue weighted by Gasteiger charge is 2.17. The number of imidazole rings is 1. The Morgan fingerprint density at radius 2 is 1.74 bits per heavy atom. The van der Waals surface area contributed by atoms with Crippen molar-refractivity contribution >= 4 is 23.0 Å². The summed E-state index contributed by atoms with van der Waals surface area (Å²) in [5.41, 5.74) is 4.16. The first-order chi connectivity index (χ1) is 16.6. The van der Waals surface area contributed by atoms with Gasteiger partial charge in [-0.25, -0.2) is 4.98 Å². The number of benzene rings is 3. The molecule has 34 heavy (non-hydrogen) atoms. The highest BCUT2D eigenvalue weighted by atomic mass is 16.5. The van der Waals surface area contributed by atoms with Crippen LogP contribution >= 0.6 is 0 Å². The lowest BCUT2D eigenvalue weighted by atomic mass is 10.2. The molecule has 1 aromatic heterocycles. The minimum atomic E-state index is -0.219. The number of aryl methyl sites for hydroxylation is 2. The van der Waals surface area contributed by atoms with Crippen LogP contribution in [0.4, 0.5) is 0 Å². The van der Waals surface area contributed by atoms with Crippen molar-refractivity contribution in [2.75, 3.05) is 6.61 Å². The van der Waals surface area contributed by atoms with Gasteiger partial charge in [-0.3, -0.25) is 4.79 Å². The molecule has 1 heterocycles. The summed E-state index contributed by atoms with van der Waals surface area (Å²) in [5.74, 6) is 1.67. The molecule has 1 atom stereocenters. The van der Waals surface area contributed by atoms with Crippen molar-refractivity contribution < 1.29 is 9.53 Å². The van der Waals surface area contributed by atoms with Gasteiger partial charge in [0.15, 0.2) is 0 Å². The molecule has 1 unspecified atom stereocenters. The fourth-order valence-corrected chi connectivity index (χ4v) is 3.99. The lowest BCUT2D eigenvalue weighted by Crippen LogP contribution is -2.27. The van der Waals surface area contributed by atoms with E-state index in [4.69, 9.17) is 9.72 Å². The van der Waals surface area contributed by atoms with Crippen LogP contribution < -0.4 is 10.1 Å². The van der Waals surface area contributed by atoms with Crippen LogP contribution in [-0.4, -0.2) is 22.1 Å². The summed E-state index contributed by atoms with van der Waals surface area (Å²) >= 11 is 0. The fraction of sp³-hybridized carbons (Fsp3) is 0.241. The number of fused-ring (bicyclic) bond motifs is 1. The van der Waals surface area contributed by atoms with Crippen LogP contribution in [0.25, 0.3) is 17.1 Å². The molecule has 4 rings (SSSR count). The number of amides is 1. The molecule has 0 radical (unpaired) electrons. The number of carbonyl (C=O) groups excluding carboxylic acids is 1. The van der Waals surface area contributed by atoms with Gasteiger partial charge in [0, 0.05) is 12.6 Å². The van der Waals surface area contributed by atoms with E-state index in [0.29, 0.717) is 6.61 Å². The van der Waals surface area contributed by atoms with Gasteiger partial charge in [0.25, 0.3) is 0 Å². The normalized spacial score (nSPS) is 12.2. The fourth-order valence-electron chi connectivity index (χ4n) is 3.99. The number of para-hydroxylation sites is 3. The Morgan fingerprint density at radius 1 is 1.00 bits per heavy atom. The molecule has 0 aliphatic carbocycles. The molecule has 5 nitrogen and oxygen atoms in total. The van der Waals surface area contributed by atoms with Crippen molar-refractivity contribution in [3.8, 4) is 5.75 Å². The number of aromatic nitrogens is 2. The Kier molecular flexibility index (Phi) is 7.76. The molecule has 0 aliphatic rings. The maximum atomic E-state index is 12.5. The van der Waals surface area contributed by atoms with Crippen molar-refractivity contribution in [1.29, 1.82) is 0 Å². The van der Waals surface area contributed by atoms with Gasteiger partial charge < -0.3 is 14.6 Å². The summed E-state index contributed by atoms with van der Waals surface area (Å²) in [6.45, 7) is 5.52. The zero-order valence-corrected chi connectivity index (χ0v) is 19.8. The van der Waals surface area contributed by atoms with E-state index in [0.717, 1.165) is 53.1 Å². The average Bonchev–Trinajstić information content (AvgIpc) is 3.23. The second-order valence-corrected chi connectivity index (χ2v) is 8.41. The number of ether oxygens (including phenoxy) is 1. The Labute approximate surface area is 201 Å². The predicted octanol–water partition coefficient (Wildman–Crippen LogP) is 6.09. The molecule has 0 aliphatic heterocycles. The van der Waals surface area contributed by atoms with Crippen LogP contribution in [-0.2, 0) is 11.3 Å². The third kappa shape index (κ3) is 5.93. The summed E-state index contributed by atoms with van der Waals surface area (Å²) in [5, 5.41) is 3.06. The predicted molar refractivity (Wildman–Crippen MR) is 138 cm³/mol. The van der Waals surface area contributed by atoms with Crippen LogP contribution in [0.2, 0.25) is 0 Å². The lowest BCUT2D eigenvalue weighted by molar-refractivity contribution is -0.117. The van der Waals surface area contributed by atoms with Crippen molar-refractivity contribution in [2.24, 2.45) is 0 Å². The summed E-state index contributed by atoms with van der Waals surface area (Å²) in [4.78, 5) is 17.4. The van der Waals surface area contributed by atoms with Crippen molar-refractivity contribution in [3.63, 3.8) is 0 Å². The van der Waals surface area contributed by atoms with E-state index < -0.39 is 0 Å². The number of hydrogen-bond donors (Lipinski definition) is 1. The van der Waals surface area contributed by atoms with Gasteiger partial charge in [-0.05, 0) is 62.1 Å². The van der Waals surface area contributed by atoms with Gasteiger partial charge >= 0.3 is 0 Å². The molecule has 5 heteroatoms. The Balaban J connectivity index is 1.39. The molecule has 0 spiro atoms. The number of rotatable bonds is 10. The lowest BCUT2D eigenvalue weighted by Gasteiger charge is -2.16. The van der Waals surface area contributed by atoms with Crippen molar-refractivity contribution in [2.45, 2.75) is 39.3 Å². The minimum Gasteiger partial charge on any atom is -0.493 e. The highest BCUT2D eigenvalue weighted by molar-refractivity contribution is 5.92. The zero-order valence-electron chi connectivity index (χ0n) is 19.8. The molecule has 174 valence electrons. The van der Waals surface area contributed by atoms with E-state index in [1.807, 2.05) is 79.7 Å². The van der Waals surface area contributed by atoms with Gasteiger partial charge in [-0.2, -0.15) is 0 Å². The molecule has 1 amide bonds. The first-order valence-electron chi connectivity index (χ1n) is 11.8. The standard InChI is InChI=1S/C29H31N3O2/c1-22-12-6-9-17-27(22)34-21-11-10-20-32-26-16-8-7-15-25(26)31-29(32)23(2)30-28(33)19-18-24-13-4-3-5-14-24/h3-9,12-19,23H,10-11,20-21H2,1-2H3,(H,30,33)/b19-18-. The number of nitrogens with zero attached hydrogens (tertiary/aromatic N) is 2. The topological polar surface area (TPSA) is 56.1 Å². The zero-order chi connectivity index (χ0) is 23.8. The van der Waals surface area contributed by atoms with Crippen LogP contribution in [0.15, 0.2) is 84.9 Å². The Hall–Kier alpha value is -3.86. The molecular weight excluding hydrogens is 422 g/mol. The van der Waals surface area contributed by atoms with Gasteiger partial charge in [0.1, 0.15) is 11.6 Å². The van der Waals surface area contributed by atoms with E-state index >= 15 is 0 Å². The maximum absolute atomic E-state index is 12.5. The molecule has 3 aromatic carbocycles. The maximum Gasteiger partial charge on any atom is 0.244 e.